The van der Waals surface area contributed by atoms with Gasteiger partial charge in [0.2, 0.25) is 0 Å². The second-order valence-corrected chi connectivity index (χ2v) is 4.48. The smallest absolute Gasteiger partial charge is 0.0336 e. The average Bonchev–Trinajstić information content (AvgIpc) is 1.64. The summed E-state index contributed by atoms with van der Waals surface area (Å²) in [4.78, 5) is 1.29. The molecule has 1 aliphatic rings. The van der Waals surface area contributed by atoms with E-state index in [1.54, 1.807) is 0 Å². The fourth-order valence-electron chi connectivity index (χ4n) is 0.793. The molecule has 2 atom stereocenters. The zero-order chi connectivity index (χ0) is 5.98. The highest BCUT2D eigenvalue weighted by molar-refractivity contribution is 9.10. The van der Waals surface area contributed by atoms with Crippen molar-refractivity contribution in [2.24, 2.45) is 0 Å². The molecule has 0 N–H and O–H groups in total. The number of rotatable bonds is 0. The van der Waals surface area contributed by atoms with Crippen LogP contribution in [0.4, 0.5) is 0 Å². The van der Waals surface area contributed by atoms with Crippen LogP contribution in [-0.2, 0) is 0 Å². The molecular formula is C6H8Br2. The standard InChI is InChI=1S/C6H8Br2/c7-5-2-1-3-6(8)4-5/h1-2,5-6H,3-4H2. The summed E-state index contributed by atoms with van der Waals surface area (Å²) in [6.07, 6.45) is 6.82. The lowest BCUT2D eigenvalue weighted by molar-refractivity contribution is 0.778. The largest absolute Gasteiger partial charge is 0.0887 e. The Morgan fingerprint density at radius 2 is 2.12 bits per heavy atom. The Bertz CT molecular complexity index is 98.7. The van der Waals surface area contributed by atoms with Crippen molar-refractivity contribution < 1.29 is 0 Å². The van der Waals surface area contributed by atoms with Crippen LogP contribution >= 0.6 is 31.9 Å². The van der Waals surface area contributed by atoms with Crippen molar-refractivity contribution in [1.29, 1.82) is 0 Å². The van der Waals surface area contributed by atoms with Gasteiger partial charge in [0.25, 0.3) is 0 Å². The number of alkyl halides is 2. The number of hydrogen-bond donors (Lipinski definition) is 0. The van der Waals surface area contributed by atoms with E-state index in [2.05, 4.69) is 44.0 Å². The van der Waals surface area contributed by atoms with Crippen LogP contribution in [0.5, 0.6) is 0 Å². The summed E-state index contributed by atoms with van der Waals surface area (Å²) >= 11 is 7.06. The van der Waals surface area contributed by atoms with E-state index in [1.165, 1.54) is 12.8 Å². The SMILES string of the molecule is BrC1C=CCC(Br)C1. The zero-order valence-electron chi connectivity index (χ0n) is 4.48. The van der Waals surface area contributed by atoms with Crippen LogP contribution in [-0.4, -0.2) is 9.65 Å². The van der Waals surface area contributed by atoms with Crippen molar-refractivity contribution in [3.63, 3.8) is 0 Å². The van der Waals surface area contributed by atoms with Gasteiger partial charge >= 0.3 is 0 Å². The van der Waals surface area contributed by atoms with E-state index in [0.717, 1.165) is 0 Å². The molecule has 0 aromatic heterocycles. The molecule has 46 valence electrons. The molecule has 0 nitrogen and oxygen atoms in total. The lowest BCUT2D eigenvalue weighted by Gasteiger charge is -2.14. The van der Waals surface area contributed by atoms with E-state index in [-0.39, 0.29) is 0 Å². The van der Waals surface area contributed by atoms with E-state index in [0.29, 0.717) is 9.65 Å². The molecule has 0 aliphatic heterocycles. The summed E-state index contributed by atoms with van der Waals surface area (Å²) in [6, 6.07) is 0. The molecule has 2 unspecified atom stereocenters. The van der Waals surface area contributed by atoms with Crippen LogP contribution in [0.15, 0.2) is 12.2 Å². The van der Waals surface area contributed by atoms with Gasteiger partial charge in [0.1, 0.15) is 0 Å². The molecule has 0 aromatic carbocycles. The average molecular weight is 240 g/mol. The highest BCUT2D eigenvalue weighted by Gasteiger charge is 2.11. The summed E-state index contributed by atoms with van der Waals surface area (Å²) in [5.41, 5.74) is 0. The Kier molecular flexibility index (Phi) is 2.57. The summed E-state index contributed by atoms with van der Waals surface area (Å²) in [7, 11) is 0. The minimum absolute atomic E-state index is 0.598. The first-order valence-corrected chi connectivity index (χ1v) is 4.57. The molecule has 0 spiro atoms. The minimum atomic E-state index is 0.598. The third kappa shape index (κ3) is 1.90. The van der Waals surface area contributed by atoms with Crippen LogP contribution in [0.25, 0.3) is 0 Å². The quantitative estimate of drug-likeness (QED) is 0.451. The van der Waals surface area contributed by atoms with Crippen molar-refractivity contribution in [2.75, 3.05) is 0 Å². The molecule has 0 amide bonds. The van der Waals surface area contributed by atoms with Gasteiger partial charge in [-0.3, -0.25) is 0 Å². The van der Waals surface area contributed by atoms with Crippen molar-refractivity contribution in [3.05, 3.63) is 12.2 Å². The topological polar surface area (TPSA) is 0 Å². The van der Waals surface area contributed by atoms with Gasteiger partial charge in [-0.1, -0.05) is 44.0 Å². The highest BCUT2D eigenvalue weighted by atomic mass is 79.9. The van der Waals surface area contributed by atoms with E-state index >= 15 is 0 Å². The van der Waals surface area contributed by atoms with Gasteiger partial charge in [-0.2, -0.15) is 0 Å². The van der Waals surface area contributed by atoms with E-state index in [4.69, 9.17) is 0 Å². The molecule has 1 rings (SSSR count). The Balaban J connectivity index is 2.42. The van der Waals surface area contributed by atoms with Crippen molar-refractivity contribution in [1.82, 2.24) is 0 Å². The first-order chi connectivity index (χ1) is 3.79. The second-order valence-electron chi connectivity index (χ2n) is 2.01. The summed E-state index contributed by atoms with van der Waals surface area (Å²) in [5, 5.41) is 0. The van der Waals surface area contributed by atoms with Crippen LogP contribution in [0.1, 0.15) is 12.8 Å². The number of hydrogen-bond acceptors (Lipinski definition) is 0. The second kappa shape index (κ2) is 3.02. The van der Waals surface area contributed by atoms with Crippen LogP contribution < -0.4 is 0 Å². The Morgan fingerprint density at radius 1 is 1.38 bits per heavy atom. The van der Waals surface area contributed by atoms with Gasteiger partial charge in [0.15, 0.2) is 0 Å². The number of allylic oxidation sites excluding steroid dienone is 2. The Labute approximate surface area is 66.6 Å². The lowest BCUT2D eigenvalue weighted by atomic mass is 10.1. The van der Waals surface area contributed by atoms with E-state index < -0.39 is 0 Å². The molecule has 0 radical (unpaired) electrons. The maximum Gasteiger partial charge on any atom is 0.0336 e. The first kappa shape index (κ1) is 6.81. The predicted octanol–water partition coefficient (Wildman–Crippen LogP) is 2.86. The van der Waals surface area contributed by atoms with Crippen LogP contribution in [0, 0.1) is 0 Å². The third-order valence-corrected chi connectivity index (χ3v) is 2.64. The fourth-order valence-corrected chi connectivity index (χ4v) is 2.58. The fraction of sp³-hybridized carbons (Fsp3) is 0.667. The summed E-state index contributed by atoms with van der Waals surface area (Å²) in [6.45, 7) is 0. The maximum absolute atomic E-state index is 3.55. The van der Waals surface area contributed by atoms with Gasteiger partial charge in [-0.15, -0.1) is 0 Å². The normalized spacial score (nSPS) is 37.8. The molecule has 0 saturated heterocycles. The van der Waals surface area contributed by atoms with Gasteiger partial charge in [-0.05, 0) is 12.8 Å². The molecule has 1 aliphatic carbocycles. The Morgan fingerprint density at radius 3 is 2.50 bits per heavy atom. The predicted molar refractivity (Wildman–Crippen MR) is 43.8 cm³/mol. The minimum Gasteiger partial charge on any atom is -0.0887 e. The Hall–Kier alpha value is 0.700. The van der Waals surface area contributed by atoms with Gasteiger partial charge in [0.05, 0.1) is 0 Å². The zero-order valence-corrected chi connectivity index (χ0v) is 7.65. The summed E-state index contributed by atoms with van der Waals surface area (Å²) < 4.78 is 0. The van der Waals surface area contributed by atoms with Crippen LogP contribution in [0.2, 0.25) is 0 Å². The van der Waals surface area contributed by atoms with Gasteiger partial charge in [0, 0.05) is 9.65 Å². The first-order valence-electron chi connectivity index (χ1n) is 2.74. The molecule has 0 saturated carbocycles. The van der Waals surface area contributed by atoms with E-state index in [1.807, 2.05) is 0 Å². The molecule has 0 bridgehead atoms. The highest BCUT2D eigenvalue weighted by Crippen LogP contribution is 2.23. The molecule has 8 heavy (non-hydrogen) atoms. The molecule has 0 heterocycles. The van der Waals surface area contributed by atoms with Crippen molar-refractivity contribution >= 4 is 31.9 Å². The van der Waals surface area contributed by atoms with Gasteiger partial charge < -0.3 is 0 Å². The van der Waals surface area contributed by atoms with Crippen molar-refractivity contribution in [3.8, 4) is 0 Å². The molecule has 2 heteroatoms. The van der Waals surface area contributed by atoms with Gasteiger partial charge in [-0.25, -0.2) is 0 Å². The summed E-state index contributed by atoms with van der Waals surface area (Å²) in [5.74, 6) is 0. The number of halogens is 2. The molecule has 0 aromatic rings. The maximum atomic E-state index is 3.55. The monoisotopic (exact) mass is 238 g/mol. The molecule has 0 fully saturated rings. The van der Waals surface area contributed by atoms with E-state index in [9.17, 15) is 0 Å². The lowest BCUT2D eigenvalue weighted by Crippen LogP contribution is -2.08. The third-order valence-electron chi connectivity index (χ3n) is 1.22. The van der Waals surface area contributed by atoms with Crippen molar-refractivity contribution in [2.45, 2.75) is 22.5 Å². The molecular weight excluding hydrogens is 232 g/mol. The van der Waals surface area contributed by atoms with Crippen LogP contribution in [0.3, 0.4) is 0 Å².